The molecular formula is C13H27NOS. The van der Waals surface area contributed by atoms with Gasteiger partial charge < -0.3 is 10.4 Å². The first-order valence-corrected chi connectivity index (χ1v) is 7.63. The SMILES string of the molecule is CSC1(CNCC(C)(C)CO)CCCCC1. The highest BCUT2D eigenvalue weighted by Gasteiger charge is 2.31. The molecule has 1 aliphatic carbocycles. The molecule has 0 radical (unpaired) electrons. The average Bonchev–Trinajstić information content (AvgIpc) is 2.30. The van der Waals surface area contributed by atoms with Crippen molar-refractivity contribution in [3.63, 3.8) is 0 Å². The van der Waals surface area contributed by atoms with Crippen molar-refractivity contribution >= 4 is 11.8 Å². The van der Waals surface area contributed by atoms with Crippen LogP contribution in [0.2, 0.25) is 0 Å². The highest BCUT2D eigenvalue weighted by Crippen LogP contribution is 2.38. The van der Waals surface area contributed by atoms with Gasteiger partial charge in [-0.15, -0.1) is 0 Å². The third kappa shape index (κ3) is 4.27. The highest BCUT2D eigenvalue weighted by molar-refractivity contribution is 8.00. The van der Waals surface area contributed by atoms with Crippen LogP contribution in [-0.2, 0) is 0 Å². The molecule has 0 bridgehead atoms. The number of rotatable bonds is 6. The highest BCUT2D eigenvalue weighted by atomic mass is 32.2. The van der Waals surface area contributed by atoms with E-state index in [4.69, 9.17) is 0 Å². The maximum atomic E-state index is 9.21. The van der Waals surface area contributed by atoms with Crippen LogP contribution < -0.4 is 5.32 Å². The Hall–Kier alpha value is 0.270. The summed E-state index contributed by atoms with van der Waals surface area (Å²) in [5.41, 5.74) is 0.00820. The fourth-order valence-electron chi connectivity index (χ4n) is 2.33. The van der Waals surface area contributed by atoms with E-state index in [1.165, 1.54) is 32.1 Å². The van der Waals surface area contributed by atoms with Crippen LogP contribution >= 0.6 is 11.8 Å². The maximum Gasteiger partial charge on any atom is 0.0494 e. The second-order valence-corrected chi connectivity index (χ2v) is 7.15. The van der Waals surface area contributed by atoms with Crippen LogP contribution in [0.5, 0.6) is 0 Å². The number of aliphatic hydroxyl groups is 1. The lowest BCUT2D eigenvalue weighted by molar-refractivity contribution is 0.155. The summed E-state index contributed by atoms with van der Waals surface area (Å²) >= 11 is 2.03. The van der Waals surface area contributed by atoms with Gasteiger partial charge in [0.05, 0.1) is 0 Å². The van der Waals surface area contributed by atoms with E-state index in [1.54, 1.807) is 0 Å². The largest absolute Gasteiger partial charge is 0.396 e. The molecule has 0 amide bonds. The summed E-state index contributed by atoms with van der Waals surface area (Å²) in [4.78, 5) is 0. The van der Waals surface area contributed by atoms with E-state index in [-0.39, 0.29) is 12.0 Å². The lowest BCUT2D eigenvalue weighted by Gasteiger charge is -2.37. The fourth-order valence-corrected chi connectivity index (χ4v) is 3.28. The van der Waals surface area contributed by atoms with Gasteiger partial charge in [0.2, 0.25) is 0 Å². The lowest BCUT2D eigenvalue weighted by Crippen LogP contribution is -2.43. The van der Waals surface area contributed by atoms with Gasteiger partial charge in [0.1, 0.15) is 0 Å². The Morgan fingerprint density at radius 3 is 2.38 bits per heavy atom. The third-order valence-corrected chi connectivity index (χ3v) is 5.10. The summed E-state index contributed by atoms with van der Waals surface area (Å²) in [6.45, 7) is 6.47. The molecule has 16 heavy (non-hydrogen) atoms. The van der Waals surface area contributed by atoms with Gasteiger partial charge in [0.25, 0.3) is 0 Å². The van der Waals surface area contributed by atoms with Crippen LogP contribution in [0.3, 0.4) is 0 Å². The Kier molecular flexibility index (Phi) is 5.62. The normalized spacial score (nSPS) is 21.0. The predicted molar refractivity (Wildman–Crippen MR) is 73.1 cm³/mol. The van der Waals surface area contributed by atoms with Crippen LogP contribution in [0, 0.1) is 5.41 Å². The molecule has 1 rings (SSSR count). The van der Waals surface area contributed by atoms with Crippen molar-refractivity contribution in [2.24, 2.45) is 5.41 Å². The molecule has 1 fully saturated rings. The summed E-state index contributed by atoms with van der Waals surface area (Å²) < 4.78 is 0.462. The van der Waals surface area contributed by atoms with E-state index in [2.05, 4.69) is 25.4 Å². The molecule has 1 aliphatic rings. The fraction of sp³-hybridized carbons (Fsp3) is 1.00. The number of hydrogen-bond donors (Lipinski definition) is 2. The van der Waals surface area contributed by atoms with Crippen molar-refractivity contribution in [3.05, 3.63) is 0 Å². The zero-order valence-corrected chi connectivity index (χ0v) is 11.8. The first kappa shape index (κ1) is 14.3. The third-order valence-electron chi connectivity index (χ3n) is 3.68. The van der Waals surface area contributed by atoms with Crippen LogP contribution in [0.4, 0.5) is 0 Å². The van der Waals surface area contributed by atoms with Gasteiger partial charge in [-0.05, 0) is 19.1 Å². The quantitative estimate of drug-likeness (QED) is 0.754. The zero-order valence-electron chi connectivity index (χ0n) is 11.0. The van der Waals surface area contributed by atoms with Crippen molar-refractivity contribution in [1.82, 2.24) is 5.32 Å². The average molecular weight is 245 g/mol. The molecule has 0 heterocycles. The Morgan fingerprint density at radius 1 is 1.25 bits per heavy atom. The summed E-state index contributed by atoms with van der Waals surface area (Å²) in [6, 6.07) is 0. The Morgan fingerprint density at radius 2 is 1.88 bits per heavy atom. The van der Waals surface area contributed by atoms with Crippen molar-refractivity contribution in [2.45, 2.75) is 50.7 Å². The van der Waals surface area contributed by atoms with E-state index >= 15 is 0 Å². The van der Waals surface area contributed by atoms with E-state index < -0.39 is 0 Å². The molecule has 0 spiro atoms. The summed E-state index contributed by atoms with van der Waals surface area (Å²) in [7, 11) is 0. The topological polar surface area (TPSA) is 32.3 Å². The van der Waals surface area contributed by atoms with Crippen molar-refractivity contribution in [1.29, 1.82) is 0 Å². The summed E-state index contributed by atoms with van der Waals surface area (Å²) in [5, 5.41) is 12.8. The molecule has 0 atom stereocenters. The molecule has 0 aliphatic heterocycles. The maximum absolute atomic E-state index is 9.21. The number of aliphatic hydroxyl groups excluding tert-OH is 1. The van der Waals surface area contributed by atoms with Gasteiger partial charge in [-0.2, -0.15) is 11.8 Å². The molecule has 2 nitrogen and oxygen atoms in total. The van der Waals surface area contributed by atoms with E-state index in [9.17, 15) is 5.11 Å². The Labute approximate surface area is 105 Å². The van der Waals surface area contributed by atoms with Crippen LogP contribution in [0.25, 0.3) is 0 Å². The predicted octanol–water partition coefficient (Wildman–Crippen LogP) is 2.66. The molecule has 0 saturated heterocycles. The lowest BCUT2D eigenvalue weighted by atomic mass is 9.87. The Bertz CT molecular complexity index is 200. The second-order valence-electron chi connectivity index (χ2n) is 5.87. The van der Waals surface area contributed by atoms with E-state index in [1.807, 2.05) is 11.8 Å². The van der Waals surface area contributed by atoms with Gasteiger partial charge in [-0.3, -0.25) is 0 Å². The standard InChI is InChI=1S/C13H27NOS/c1-12(2,11-15)9-14-10-13(16-3)7-5-4-6-8-13/h14-15H,4-11H2,1-3H3. The minimum absolute atomic E-state index is 0.00820. The summed E-state index contributed by atoms with van der Waals surface area (Å²) in [6.07, 6.45) is 9.11. The van der Waals surface area contributed by atoms with Crippen LogP contribution in [0.1, 0.15) is 46.0 Å². The molecule has 0 aromatic rings. The molecular weight excluding hydrogens is 218 g/mol. The zero-order chi connectivity index (χ0) is 12.1. The molecule has 3 heteroatoms. The number of nitrogens with one attached hydrogen (secondary N) is 1. The number of thioether (sulfide) groups is 1. The first-order chi connectivity index (χ1) is 7.54. The van der Waals surface area contributed by atoms with Crippen molar-refractivity contribution in [3.8, 4) is 0 Å². The van der Waals surface area contributed by atoms with Gasteiger partial charge in [0.15, 0.2) is 0 Å². The molecule has 0 aromatic carbocycles. The van der Waals surface area contributed by atoms with Gasteiger partial charge in [-0.25, -0.2) is 0 Å². The van der Waals surface area contributed by atoms with Gasteiger partial charge >= 0.3 is 0 Å². The Balaban J connectivity index is 2.33. The minimum atomic E-state index is 0.00820. The monoisotopic (exact) mass is 245 g/mol. The van der Waals surface area contributed by atoms with Gasteiger partial charge in [0, 0.05) is 29.9 Å². The summed E-state index contributed by atoms with van der Waals surface area (Å²) in [5.74, 6) is 0. The second kappa shape index (κ2) is 6.27. The molecule has 0 aromatic heterocycles. The van der Waals surface area contributed by atoms with Crippen LogP contribution in [-0.4, -0.2) is 35.8 Å². The smallest absolute Gasteiger partial charge is 0.0494 e. The first-order valence-electron chi connectivity index (χ1n) is 6.40. The molecule has 1 saturated carbocycles. The van der Waals surface area contributed by atoms with E-state index in [0.29, 0.717) is 4.75 Å². The van der Waals surface area contributed by atoms with Crippen LogP contribution in [0.15, 0.2) is 0 Å². The van der Waals surface area contributed by atoms with E-state index in [0.717, 1.165) is 13.1 Å². The molecule has 96 valence electrons. The minimum Gasteiger partial charge on any atom is -0.396 e. The van der Waals surface area contributed by atoms with Crippen molar-refractivity contribution in [2.75, 3.05) is 26.0 Å². The molecule has 0 unspecified atom stereocenters. The van der Waals surface area contributed by atoms with Crippen molar-refractivity contribution < 1.29 is 5.11 Å². The van der Waals surface area contributed by atoms with Gasteiger partial charge in [-0.1, -0.05) is 33.1 Å². The number of hydrogen-bond acceptors (Lipinski definition) is 3. The molecule has 2 N–H and O–H groups in total.